The Bertz CT molecular complexity index is 745. The Hall–Kier alpha value is -2.83. The maximum absolute atomic E-state index is 12.1. The quantitative estimate of drug-likeness (QED) is 0.651. The van der Waals surface area contributed by atoms with E-state index >= 15 is 0 Å². The number of para-hydroxylation sites is 1. The number of hydrazone groups is 1. The molecule has 2 rings (SSSR count). The van der Waals surface area contributed by atoms with Gasteiger partial charge in [-0.1, -0.05) is 26.8 Å². The van der Waals surface area contributed by atoms with Crippen molar-refractivity contribution in [1.82, 2.24) is 15.6 Å². The number of nitrogens with zero attached hydrogens (tertiary/aromatic N) is 2. The number of carbonyl (C=O) groups is 1. The van der Waals surface area contributed by atoms with Gasteiger partial charge in [-0.05, 0) is 18.2 Å². The first-order valence-electron chi connectivity index (χ1n) is 7.47. The summed E-state index contributed by atoms with van der Waals surface area (Å²) < 4.78 is 10.5. The van der Waals surface area contributed by atoms with E-state index in [1.807, 2.05) is 32.9 Å². The van der Waals surface area contributed by atoms with Gasteiger partial charge in [0.2, 0.25) is 0 Å². The number of H-pyrrole nitrogens is 1. The summed E-state index contributed by atoms with van der Waals surface area (Å²) in [4.78, 5) is 12.1. The average molecular weight is 330 g/mol. The molecule has 0 fully saturated rings. The Kier molecular flexibility index (Phi) is 5.23. The van der Waals surface area contributed by atoms with E-state index in [2.05, 4.69) is 20.7 Å². The van der Waals surface area contributed by atoms with Crippen LogP contribution in [0.15, 0.2) is 29.4 Å². The molecular weight excluding hydrogens is 308 g/mol. The molecule has 0 bridgehead atoms. The number of hydrogen-bond donors (Lipinski definition) is 2. The summed E-state index contributed by atoms with van der Waals surface area (Å²) in [6.07, 6.45) is 1.50. The highest BCUT2D eigenvalue weighted by atomic mass is 16.5. The second-order valence-corrected chi connectivity index (χ2v) is 6.20. The van der Waals surface area contributed by atoms with E-state index in [0.717, 1.165) is 5.69 Å². The Morgan fingerprint density at radius 2 is 2.04 bits per heavy atom. The number of benzene rings is 1. The third-order valence-electron chi connectivity index (χ3n) is 3.42. The first kappa shape index (κ1) is 17.5. The van der Waals surface area contributed by atoms with Gasteiger partial charge >= 0.3 is 0 Å². The summed E-state index contributed by atoms with van der Waals surface area (Å²) in [6.45, 7) is 6.11. The third-order valence-corrected chi connectivity index (χ3v) is 3.42. The number of aromatic nitrogens is 2. The third kappa shape index (κ3) is 3.92. The van der Waals surface area contributed by atoms with E-state index in [0.29, 0.717) is 17.1 Å². The van der Waals surface area contributed by atoms with Crippen molar-refractivity contribution >= 4 is 12.1 Å². The fourth-order valence-corrected chi connectivity index (χ4v) is 2.05. The fraction of sp³-hybridized carbons (Fsp3) is 0.353. The molecule has 1 aromatic carbocycles. The van der Waals surface area contributed by atoms with Crippen molar-refractivity contribution in [3.05, 3.63) is 41.2 Å². The highest BCUT2D eigenvalue weighted by Gasteiger charge is 2.19. The van der Waals surface area contributed by atoms with Gasteiger partial charge in [-0.3, -0.25) is 9.89 Å². The van der Waals surface area contributed by atoms with Crippen molar-refractivity contribution in [1.29, 1.82) is 0 Å². The summed E-state index contributed by atoms with van der Waals surface area (Å²) in [5.41, 5.74) is 4.20. The van der Waals surface area contributed by atoms with Crippen molar-refractivity contribution in [3.8, 4) is 11.5 Å². The molecule has 1 aromatic heterocycles. The zero-order valence-corrected chi connectivity index (χ0v) is 14.5. The lowest BCUT2D eigenvalue weighted by molar-refractivity contribution is 0.0950. The van der Waals surface area contributed by atoms with Gasteiger partial charge in [-0.2, -0.15) is 10.2 Å². The van der Waals surface area contributed by atoms with E-state index in [-0.39, 0.29) is 17.0 Å². The van der Waals surface area contributed by atoms with Gasteiger partial charge in [-0.25, -0.2) is 5.43 Å². The summed E-state index contributed by atoms with van der Waals surface area (Å²) >= 11 is 0. The first-order valence-corrected chi connectivity index (χ1v) is 7.47. The van der Waals surface area contributed by atoms with Crippen molar-refractivity contribution in [2.45, 2.75) is 26.2 Å². The molecule has 2 aromatic rings. The summed E-state index contributed by atoms with van der Waals surface area (Å²) in [5.74, 6) is 0.752. The highest BCUT2D eigenvalue weighted by molar-refractivity contribution is 5.93. The minimum atomic E-state index is -0.389. The van der Waals surface area contributed by atoms with E-state index < -0.39 is 0 Å². The van der Waals surface area contributed by atoms with Gasteiger partial charge < -0.3 is 9.47 Å². The molecule has 0 aliphatic rings. The number of carbonyl (C=O) groups excluding carboxylic acids is 1. The SMILES string of the molecule is COc1cccc(/C=N/NC(=O)c2cc(C(C)(C)C)[nH]n2)c1OC. The van der Waals surface area contributed by atoms with Crippen LogP contribution in [0.5, 0.6) is 11.5 Å². The lowest BCUT2D eigenvalue weighted by Crippen LogP contribution is -2.18. The fourth-order valence-electron chi connectivity index (χ4n) is 2.05. The molecule has 128 valence electrons. The van der Waals surface area contributed by atoms with E-state index in [1.165, 1.54) is 6.21 Å². The van der Waals surface area contributed by atoms with Crippen LogP contribution < -0.4 is 14.9 Å². The molecule has 7 heteroatoms. The molecule has 7 nitrogen and oxygen atoms in total. The summed E-state index contributed by atoms with van der Waals surface area (Å²) in [5, 5.41) is 10.8. The van der Waals surface area contributed by atoms with Gasteiger partial charge in [0.1, 0.15) is 0 Å². The topological polar surface area (TPSA) is 88.6 Å². The van der Waals surface area contributed by atoms with Gasteiger partial charge in [0.25, 0.3) is 5.91 Å². The molecule has 24 heavy (non-hydrogen) atoms. The van der Waals surface area contributed by atoms with Crippen LogP contribution in [0.4, 0.5) is 0 Å². The molecule has 0 saturated carbocycles. The number of nitrogens with one attached hydrogen (secondary N) is 2. The molecular formula is C17H22N4O3. The number of ether oxygens (including phenoxy) is 2. The van der Waals surface area contributed by atoms with Gasteiger partial charge in [0.05, 0.1) is 20.4 Å². The standard InChI is InChI=1S/C17H22N4O3/c1-17(2,3)14-9-12(19-20-14)16(22)21-18-10-11-7-6-8-13(23-4)15(11)24-5/h6-10H,1-5H3,(H,19,20)(H,21,22)/b18-10+. The summed E-state index contributed by atoms with van der Waals surface area (Å²) in [6, 6.07) is 7.13. The normalized spacial score (nSPS) is 11.5. The van der Waals surface area contributed by atoms with Crippen LogP contribution >= 0.6 is 0 Å². The Morgan fingerprint density at radius 1 is 1.29 bits per heavy atom. The molecule has 1 heterocycles. The van der Waals surface area contributed by atoms with Crippen LogP contribution in [0.3, 0.4) is 0 Å². The lowest BCUT2D eigenvalue weighted by atomic mass is 9.92. The van der Waals surface area contributed by atoms with Crippen molar-refractivity contribution in [2.75, 3.05) is 14.2 Å². The number of amides is 1. The predicted octanol–water partition coefficient (Wildman–Crippen LogP) is 2.49. The molecule has 0 saturated heterocycles. The maximum Gasteiger partial charge on any atom is 0.291 e. The van der Waals surface area contributed by atoms with Gasteiger partial charge in [-0.15, -0.1) is 0 Å². The lowest BCUT2D eigenvalue weighted by Gasteiger charge is -2.14. The Labute approximate surface area is 141 Å². The highest BCUT2D eigenvalue weighted by Crippen LogP contribution is 2.29. The van der Waals surface area contributed by atoms with Crippen LogP contribution in [0, 0.1) is 0 Å². The molecule has 0 spiro atoms. The monoisotopic (exact) mass is 330 g/mol. The second-order valence-electron chi connectivity index (χ2n) is 6.20. The molecule has 0 atom stereocenters. The van der Waals surface area contributed by atoms with E-state index in [4.69, 9.17) is 9.47 Å². The Morgan fingerprint density at radius 3 is 2.62 bits per heavy atom. The number of aromatic amines is 1. The molecule has 1 amide bonds. The first-order chi connectivity index (χ1) is 11.4. The molecule has 0 aliphatic carbocycles. The smallest absolute Gasteiger partial charge is 0.291 e. The molecule has 0 unspecified atom stereocenters. The minimum absolute atomic E-state index is 0.108. The van der Waals surface area contributed by atoms with Crippen molar-refractivity contribution in [3.63, 3.8) is 0 Å². The Balaban J connectivity index is 2.09. The predicted molar refractivity (Wildman–Crippen MR) is 91.9 cm³/mol. The van der Waals surface area contributed by atoms with E-state index in [9.17, 15) is 4.79 Å². The number of hydrogen-bond acceptors (Lipinski definition) is 5. The average Bonchev–Trinajstić information content (AvgIpc) is 3.04. The zero-order valence-electron chi connectivity index (χ0n) is 14.5. The van der Waals surface area contributed by atoms with Crippen LogP contribution in [-0.4, -0.2) is 36.5 Å². The number of rotatable bonds is 5. The minimum Gasteiger partial charge on any atom is -0.493 e. The van der Waals surface area contributed by atoms with E-state index in [1.54, 1.807) is 26.4 Å². The molecule has 2 N–H and O–H groups in total. The van der Waals surface area contributed by atoms with Crippen LogP contribution in [-0.2, 0) is 5.41 Å². The van der Waals surface area contributed by atoms with Gasteiger partial charge in [0.15, 0.2) is 17.2 Å². The zero-order chi connectivity index (χ0) is 17.7. The number of methoxy groups -OCH3 is 2. The van der Waals surface area contributed by atoms with Crippen molar-refractivity contribution < 1.29 is 14.3 Å². The second kappa shape index (κ2) is 7.16. The van der Waals surface area contributed by atoms with Crippen LogP contribution in [0.25, 0.3) is 0 Å². The van der Waals surface area contributed by atoms with Crippen molar-refractivity contribution in [2.24, 2.45) is 5.10 Å². The molecule has 0 aliphatic heterocycles. The largest absolute Gasteiger partial charge is 0.493 e. The maximum atomic E-state index is 12.1. The summed E-state index contributed by atoms with van der Waals surface area (Å²) in [7, 11) is 3.11. The van der Waals surface area contributed by atoms with Crippen LogP contribution in [0.1, 0.15) is 42.5 Å². The van der Waals surface area contributed by atoms with Gasteiger partial charge in [0, 0.05) is 16.7 Å². The van der Waals surface area contributed by atoms with Crippen LogP contribution in [0.2, 0.25) is 0 Å². The molecule has 0 radical (unpaired) electrons.